The third kappa shape index (κ3) is 4.30. The molecule has 0 heterocycles. The second-order valence-electron chi connectivity index (χ2n) is 4.93. The number of benzene rings is 2. The Hall–Kier alpha value is -3.46. The molecular weight excluding hydrogens is 320 g/mol. The van der Waals surface area contributed by atoms with E-state index in [2.05, 4.69) is 5.32 Å². The van der Waals surface area contributed by atoms with Crippen LogP contribution >= 0.6 is 0 Å². The standard InChI is InChI=1S/C19H18N2O4/c1-23-15-9-7-14(8-10-15)21-19(22)13(12-20)11-16-17(24-2)5-4-6-18(16)25-3/h4-11H,1-3H3,(H,21,22)/b13-11+. The quantitative estimate of drug-likeness (QED) is 0.646. The molecule has 0 unspecified atom stereocenters. The fourth-order valence-electron chi connectivity index (χ4n) is 2.19. The number of hydrogen-bond donors (Lipinski definition) is 1. The lowest BCUT2D eigenvalue weighted by Gasteiger charge is -2.10. The third-order valence-corrected chi connectivity index (χ3v) is 3.47. The van der Waals surface area contributed by atoms with E-state index in [1.54, 1.807) is 49.6 Å². The molecule has 2 rings (SSSR count). The van der Waals surface area contributed by atoms with Gasteiger partial charge in [0.2, 0.25) is 0 Å². The highest BCUT2D eigenvalue weighted by Crippen LogP contribution is 2.30. The lowest BCUT2D eigenvalue weighted by atomic mass is 10.1. The van der Waals surface area contributed by atoms with E-state index in [0.29, 0.717) is 28.5 Å². The molecule has 1 amide bonds. The molecule has 1 N–H and O–H groups in total. The number of nitrogens with one attached hydrogen (secondary N) is 1. The molecule has 0 radical (unpaired) electrons. The van der Waals surface area contributed by atoms with Crippen LogP contribution in [-0.2, 0) is 4.79 Å². The summed E-state index contributed by atoms with van der Waals surface area (Å²) < 4.78 is 15.6. The van der Waals surface area contributed by atoms with Crippen molar-refractivity contribution in [3.05, 3.63) is 53.6 Å². The minimum atomic E-state index is -0.527. The zero-order valence-electron chi connectivity index (χ0n) is 14.2. The van der Waals surface area contributed by atoms with Gasteiger partial charge in [-0.3, -0.25) is 4.79 Å². The van der Waals surface area contributed by atoms with Gasteiger partial charge in [0.1, 0.15) is 28.9 Å². The number of carbonyl (C=O) groups is 1. The first kappa shape index (κ1) is 17.9. The highest BCUT2D eigenvalue weighted by atomic mass is 16.5. The van der Waals surface area contributed by atoms with Crippen LogP contribution in [0.3, 0.4) is 0 Å². The first-order valence-electron chi connectivity index (χ1n) is 7.41. The zero-order chi connectivity index (χ0) is 18.2. The minimum absolute atomic E-state index is 0.0707. The van der Waals surface area contributed by atoms with E-state index >= 15 is 0 Å². The van der Waals surface area contributed by atoms with Crippen LogP contribution in [0.5, 0.6) is 17.2 Å². The molecule has 0 saturated heterocycles. The molecule has 0 atom stereocenters. The maximum Gasteiger partial charge on any atom is 0.266 e. The molecule has 6 nitrogen and oxygen atoms in total. The molecule has 0 aliphatic heterocycles. The summed E-state index contributed by atoms with van der Waals surface area (Å²) in [6.07, 6.45) is 1.44. The van der Waals surface area contributed by atoms with Crippen LogP contribution in [0.1, 0.15) is 5.56 Å². The Labute approximate surface area is 146 Å². The average molecular weight is 338 g/mol. The number of amides is 1. The van der Waals surface area contributed by atoms with E-state index < -0.39 is 5.91 Å². The number of anilines is 1. The monoisotopic (exact) mass is 338 g/mol. The van der Waals surface area contributed by atoms with Crippen molar-refractivity contribution in [2.75, 3.05) is 26.6 Å². The Balaban J connectivity index is 2.31. The Bertz CT molecular complexity index is 798. The maximum atomic E-state index is 12.4. The Kier molecular flexibility index (Phi) is 6.02. The van der Waals surface area contributed by atoms with Crippen molar-refractivity contribution in [3.8, 4) is 23.3 Å². The lowest BCUT2D eigenvalue weighted by molar-refractivity contribution is -0.112. The maximum absolute atomic E-state index is 12.4. The molecule has 0 saturated carbocycles. The van der Waals surface area contributed by atoms with E-state index in [9.17, 15) is 10.1 Å². The molecule has 0 aromatic heterocycles. The second-order valence-corrected chi connectivity index (χ2v) is 4.93. The topological polar surface area (TPSA) is 80.6 Å². The average Bonchev–Trinajstić information content (AvgIpc) is 2.66. The van der Waals surface area contributed by atoms with Crippen LogP contribution in [0, 0.1) is 11.3 Å². The van der Waals surface area contributed by atoms with Crippen LogP contribution in [0.2, 0.25) is 0 Å². The van der Waals surface area contributed by atoms with Crippen molar-refractivity contribution in [2.45, 2.75) is 0 Å². The van der Waals surface area contributed by atoms with Gasteiger partial charge in [0.05, 0.1) is 26.9 Å². The SMILES string of the molecule is COc1ccc(NC(=O)/C(C#N)=C/c2c(OC)cccc2OC)cc1. The van der Waals surface area contributed by atoms with Crippen LogP contribution in [0.4, 0.5) is 5.69 Å². The van der Waals surface area contributed by atoms with Gasteiger partial charge in [-0.25, -0.2) is 0 Å². The summed E-state index contributed by atoms with van der Waals surface area (Å²) >= 11 is 0. The number of methoxy groups -OCH3 is 3. The van der Waals surface area contributed by atoms with E-state index in [1.807, 2.05) is 6.07 Å². The van der Waals surface area contributed by atoms with Gasteiger partial charge in [-0.15, -0.1) is 0 Å². The molecule has 0 spiro atoms. The predicted molar refractivity (Wildman–Crippen MR) is 94.8 cm³/mol. The second kappa shape index (κ2) is 8.41. The molecule has 2 aromatic carbocycles. The van der Waals surface area contributed by atoms with Gasteiger partial charge in [0.25, 0.3) is 5.91 Å². The van der Waals surface area contributed by atoms with Crippen molar-refractivity contribution in [3.63, 3.8) is 0 Å². The fraction of sp³-hybridized carbons (Fsp3) is 0.158. The van der Waals surface area contributed by atoms with Gasteiger partial charge in [-0.05, 0) is 42.5 Å². The van der Waals surface area contributed by atoms with Crippen molar-refractivity contribution >= 4 is 17.7 Å². The fourth-order valence-corrected chi connectivity index (χ4v) is 2.19. The van der Waals surface area contributed by atoms with E-state index in [0.717, 1.165) is 0 Å². The largest absolute Gasteiger partial charge is 0.497 e. The Morgan fingerprint density at radius 2 is 1.60 bits per heavy atom. The molecule has 0 bridgehead atoms. The summed E-state index contributed by atoms with van der Waals surface area (Å²) in [5.41, 5.74) is 1.01. The molecule has 128 valence electrons. The summed E-state index contributed by atoms with van der Waals surface area (Å²) in [7, 11) is 4.58. The normalized spacial score (nSPS) is 10.6. The van der Waals surface area contributed by atoms with E-state index in [4.69, 9.17) is 14.2 Å². The van der Waals surface area contributed by atoms with E-state index in [1.165, 1.54) is 20.3 Å². The Morgan fingerprint density at radius 3 is 2.08 bits per heavy atom. The van der Waals surface area contributed by atoms with Gasteiger partial charge in [0.15, 0.2) is 0 Å². The Morgan fingerprint density at radius 1 is 1.00 bits per heavy atom. The molecule has 0 aliphatic rings. The smallest absolute Gasteiger partial charge is 0.266 e. The summed E-state index contributed by atoms with van der Waals surface area (Å²) in [4.78, 5) is 12.4. The van der Waals surface area contributed by atoms with Gasteiger partial charge in [0, 0.05) is 5.69 Å². The van der Waals surface area contributed by atoms with E-state index in [-0.39, 0.29) is 5.57 Å². The lowest BCUT2D eigenvalue weighted by Crippen LogP contribution is -2.13. The first-order valence-corrected chi connectivity index (χ1v) is 7.41. The minimum Gasteiger partial charge on any atom is -0.497 e. The van der Waals surface area contributed by atoms with Gasteiger partial charge < -0.3 is 19.5 Å². The van der Waals surface area contributed by atoms with Crippen molar-refractivity contribution in [1.82, 2.24) is 0 Å². The van der Waals surface area contributed by atoms with Crippen molar-refractivity contribution < 1.29 is 19.0 Å². The highest BCUT2D eigenvalue weighted by molar-refractivity contribution is 6.10. The summed E-state index contributed by atoms with van der Waals surface area (Å²) in [5, 5.41) is 12.0. The summed E-state index contributed by atoms with van der Waals surface area (Å²) in [6.45, 7) is 0. The van der Waals surface area contributed by atoms with Crippen molar-refractivity contribution in [2.24, 2.45) is 0 Å². The van der Waals surface area contributed by atoms with Crippen molar-refractivity contribution in [1.29, 1.82) is 5.26 Å². The number of nitrogens with zero attached hydrogens (tertiary/aromatic N) is 1. The summed E-state index contributed by atoms with van der Waals surface area (Å²) in [5.74, 6) is 1.15. The third-order valence-electron chi connectivity index (χ3n) is 3.47. The zero-order valence-corrected chi connectivity index (χ0v) is 14.2. The van der Waals surface area contributed by atoms with Gasteiger partial charge in [-0.2, -0.15) is 5.26 Å². The highest BCUT2D eigenvalue weighted by Gasteiger charge is 2.14. The number of carbonyl (C=O) groups excluding carboxylic acids is 1. The molecule has 0 fully saturated rings. The van der Waals surface area contributed by atoms with Crippen LogP contribution < -0.4 is 19.5 Å². The van der Waals surface area contributed by atoms with Gasteiger partial charge >= 0.3 is 0 Å². The molecule has 25 heavy (non-hydrogen) atoms. The molecule has 2 aromatic rings. The molecule has 0 aliphatic carbocycles. The molecular formula is C19H18N2O4. The first-order chi connectivity index (χ1) is 12.1. The van der Waals surface area contributed by atoms with Crippen LogP contribution in [0.15, 0.2) is 48.0 Å². The molecule has 6 heteroatoms. The number of nitriles is 1. The van der Waals surface area contributed by atoms with Gasteiger partial charge in [-0.1, -0.05) is 6.07 Å². The number of hydrogen-bond acceptors (Lipinski definition) is 5. The number of ether oxygens (including phenoxy) is 3. The predicted octanol–water partition coefficient (Wildman–Crippen LogP) is 3.26. The number of rotatable bonds is 6. The van der Waals surface area contributed by atoms with Crippen LogP contribution in [-0.4, -0.2) is 27.2 Å². The summed E-state index contributed by atoms with van der Waals surface area (Å²) in [6, 6.07) is 13.9. The van der Waals surface area contributed by atoms with Crippen LogP contribution in [0.25, 0.3) is 6.08 Å².